The van der Waals surface area contributed by atoms with Crippen molar-refractivity contribution >= 4 is 0 Å². The fraction of sp³-hybridized carbons (Fsp3) is 1.00. The molecule has 2 fully saturated rings. The van der Waals surface area contributed by atoms with Crippen LogP contribution in [0.1, 0.15) is 32.6 Å². The van der Waals surface area contributed by atoms with E-state index in [1.54, 1.807) is 0 Å². The second kappa shape index (κ2) is 7.34. The van der Waals surface area contributed by atoms with Crippen LogP contribution < -0.4 is 5.32 Å². The maximum atomic E-state index is 3.48. The summed E-state index contributed by atoms with van der Waals surface area (Å²) < 4.78 is 0. The molecule has 0 saturated carbocycles. The van der Waals surface area contributed by atoms with E-state index in [9.17, 15) is 0 Å². The molecular weight excluding hydrogens is 210 g/mol. The van der Waals surface area contributed by atoms with Crippen LogP contribution in [-0.4, -0.2) is 62.2 Å². The van der Waals surface area contributed by atoms with Crippen LogP contribution >= 0.6 is 0 Å². The molecule has 3 heteroatoms. The maximum absolute atomic E-state index is 3.48. The third kappa shape index (κ3) is 4.57. The fourth-order valence-corrected chi connectivity index (χ4v) is 3.05. The Morgan fingerprint density at radius 2 is 1.53 bits per heavy atom. The van der Waals surface area contributed by atoms with Crippen LogP contribution in [0.25, 0.3) is 0 Å². The number of nitrogens with one attached hydrogen (secondary N) is 1. The average molecular weight is 239 g/mol. The van der Waals surface area contributed by atoms with Gasteiger partial charge >= 0.3 is 0 Å². The van der Waals surface area contributed by atoms with Gasteiger partial charge in [-0.05, 0) is 70.9 Å². The number of rotatable bonds is 6. The van der Waals surface area contributed by atoms with Crippen molar-refractivity contribution in [2.24, 2.45) is 5.92 Å². The Kier molecular flexibility index (Phi) is 5.75. The quantitative estimate of drug-likeness (QED) is 0.756. The number of nitrogens with zero attached hydrogens (tertiary/aromatic N) is 2. The number of hydrogen-bond donors (Lipinski definition) is 1. The van der Waals surface area contributed by atoms with E-state index in [1.165, 1.54) is 71.5 Å². The van der Waals surface area contributed by atoms with E-state index in [0.717, 1.165) is 12.5 Å². The van der Waals surface area contributed by atoms with Crippen molar-refractivity contribution in [2.75, 3.05) is 52.4 Å². The normalized spacial score (nSPS) is 24.5. The lowest BCUT2D eigenvalue weighted by atomic mass is 9.97. The number of piperidine rings is 1. The molecule has 0 aliphatic carbocycles. The molecule has 2 rings (SSSR count). The molecule has 0 unspecified atom stereocenters. The fourth-order valence-electron chi connectivity index (χ4n) is 3.05. The lowest BCUT2D eigenvalue weighted by Gasteiger charge is -2.33. The summed E-state index contributed by atoms with van der Waals surface area (Å²) in [6.45, 7) is 12.5. The van der Waals surface area contributed by atoms with Crippen molar-refractivity contribution in [3.8, 4) is 0 Å². The minimum Gasteiger partial charge on any atom is -0.317 e. The molecule has 2 aliphatic heterocycles. The highest BCUT2D eigenvalue weighted by Gasteiger charge is 2.19. The van der Waals surface area contributed by atoms with Crippen molar-refractivity contribution in [3.05, 3.63) is 0 Å². The summed E-state index contributed by atoms with van der Waals surface area (Å²) in [5.74, 6) is 0.929. The van der Waals surface area contributed by atoms with Gasteiger partial charge in [-0.1, -0.05) is 6.92 Å². The van der Waals surface area contributed by atoms with Gasteiger partial charge < -0.3 is 15.1 Å². The Morgan fingerprint density at radius 3 is 2.12 bits per heavy atom. The summed E-state index contributed by atoms with van der Waals surface area (Å²) in [4.78, 5) is 5.30. The first-order valence-electron chi connectivity index (χ1n) is 7.54. The van der Waals surface area contributed by atoms with Crippen LogP contribution in [0.4, 0.5) is 0 Å². The van der Waals surface area contributed by atoms with E-state index in [-0.39, 0.29) is 0 Å². The van der Waals surface area contributed by atoms with E-state index in [1.807, 2.05) is 0 Å². The van der Waals surface area contributed by atoms with Crippen LogP contribution in [0.2, 0.25) is 0 Å². The molecule has 0 aromatic heterocycles. The van der Waals surface area contributed by atoms with Gasteiger partial charge in [-0.25, -0.2) is 0 Å². The summed E-state index contributed by atoms with van der Waals surface area (Å²) in [7, 11) is 0. The molecule has 0 atom stereocenters. The second-order valence-electron chi connectivity index (χ2n) is 5.64. The van der Waals surface area contributed by atoms with E-state index < -0.39 is 0 Å². The molecule has 0 aromatic rings. The minimum absolute atomic E-state index is 0.929. The van der Waals surface area contributed by atoms with Gasteiger partial charge in [-0.3, -0.25) is 0 Å². The number of hydrogen-bond acceptors (Lipinski definition) is 3. The smallest absolute Gasteiger partial charge is 0.0109 e. The summed E-state index contributed by atoms with van der Waals surface area (Å²) in [5, 5.41) is 3.48. The molecule has 0 spiro atoms. The molecule has 1 N–H and O–H groups in total. The SMILES string of the molecule is CCNCC1CCN(CCN2CCCC2)CC1. The Labute approximate surface area is 107 Å². The Bertz CT molecular complexity index is 194. The highest BCUT2D eigenvalue weighted by Crippen LogP contribution is 2.16. The molecule has 2 heterocycles. The minimum atomic E-state index is 0.929. The van der Waals surface area contributed by atoms with Crippen LogP contribution in [0, 0.1) is 5.92 Å². The van der Waals surface area contributed by atoms with Crippen molar-refractivity contribution in [1.82, 2.24) is 15.1 Å². The Balaban J connectivity index is 1.55. The van der Waals surface area contributed by atoms with E-state index in [0.29, 0.717) is 0 Å². The van der Waals surface area contributed by atoms with Crippen molar-refractivity contribution < 1.29 is 0 Å². The van der Waals surface area contributed by atoms with Gasteiger partial charge in [0.1, 0.15) is 0 Å². The number of likely N-dealkylation sites (tertiary alicyclic amines) is 2. The zero-order chi connectivity index (χ0) is 11.9. The molecule has 0 radical (unpaired) electrons. The molecule has 100 valence electrons. The van der Waals surface area contributed by atoms with Gasteiger partial charge in [0.05, 0.1) is 0 Å². The lowest BCUT2D eigenvalue weighted by molar-refractivity contribution is 0.163. The summed E-state index contributed by atoms with van der Waals surface area (Å²) in [6.07, 6.45) is 5.63. The third-order valence-corrected chi connectivity index (χ3v) is 4.32. The van der Waals surface area contributed by atoms with Gasteiger partial charge in [0.2, 0.25) is 0 Å². The van der Waals surface area contributed by atoms with Gasteiger partial charge in [0.25, 0.3) is 0 Å². The third-order valence-electron chi connectivity index (χ3n) is 4.32. The predicted molar refractivity (Wildman–Crippen MR) is 73.4 cm³/mol. The molecule has 2 saturated heterocycles. The van der Waals surface area contributed by atoms with Gasteiger partial charge in [-0.2, -0.15) is 0 Å². The summed E-state index contributed by atoms with van der Waals surface area (Å²) in [6, 6.07) is 0. The Hall–Kier alpha value is -0.120. The zero-order valence-corrected chi connectivity index (χ0v) is 11.5. The van der Waals surface area contributed by atoms with E-state index in [4.69, 9.17) is 0 Å². The highest BCUT2D eigenvalue weighted by atomic mass is 15.2. The van der Waals surface area contributed by atoms with E-state index >= 15 is 0 Å². The van der Waals surface area contributed by atoms with Crippen LogP contribution in [-0.2, 0) is 0 Å². The van der Waals surface area contributed by atoms with Crippen molar-refractivity contribution in [3.63, 3.8) is 0 Å². The highest BCUT2D eigenvalue weighted by molar-refractivity contribution is 4.75. The van der Waals surface area contributed by atoms with Crippen LogP contribution in [0.3, 0.4) is 0 Å². The predicted octanol–water partition coefficient (Wildman–Crippen LogP) is 1.40. The lowest BCUT2D eigenvalue weighted by Crippen LogP contribution is -2.40. The molecule has 0 amide bonds. The largest absolute Gasteiger partial charge is 0.317 e. The van der Waals surface area contributed by atoms with Gasteiger partial charge in [0, 0.05) is 13.1 Å². The van der Waals surface area contributed by atoms with Gasteiger partial charge in [-0.15, -0.1) is 0 Å². The summed E-state index contributed by atoms with van der Waals surface area (Å²) >= 11 is 0. The molecule has 17 heavy (non-hydrogen) atoms. The maximum Gasteiger partial charge on any atom is 0.0109 e. The van der Waals surface area contributed by atoms with Gasteiger partial charge in [0.15, 0.2) is 0 Å². The first-order valence-corrected chi connectivity index (χ1v) is 7.54. The molecular formula is C14H29N3. The Morgan fingerprint density at radius 1 is 0.941 bits per heavy atom. The molecule has 0 bridgehead atoms. The van der Waals surface area contributed by atoms with Crippen molar-refractivity contribution in [1.29, 1.82) is 0 Å². The molecule has 3 nitrogen and oxygen atoms in total. The average Bonchev–Trinajstić information content (AvgIpc) is 2.88. The van der Waals surface area contributed by atoms with Crippen molar-refractivity contribution in [2.45, 2.75) is 32.6 Å². The monoisotopic (exact) mass is 239 g/mol. The standard InChI is InChI=1S/C14H29N3/c1-2-15-13-14-5-9-17(10-6-14)12-11-16-7-3-4-8-16/h14-15H,2-13H2,1H3. The second-order valence-corrected chi connectivity index (χ2v) is 5.64. The first kappa shape index (κ1) is 13.3. The summed E-state index contributed by atoms with van der Waals surface area (Å²) in [5.41, 5.74) is 0. The zero-order valence-electron chi connectivity index (χ0n) is 11.5. The van der Waals surface area contributed by atoms with Crippen LogP contribution in [0.5, 0.6) is 0 Å². The van der Waals surface area contributed by atoms with E-state index in [2.05, 4.69) is 22.0 Å². The first-order chi connectivity index (χ1) is 8.38. The topological polar surface area (TPSA) is 18.5 Å². The van der Waals surface area contributed by atoms with Crippen LogP contribution in [0.15, 0.2) is 0 Å². The molecule has 0 aromatic carbocycles. The molecule has 2 aliphatic rings.